The van der Waals surface area contributed by atoms with Crippen LogP contribution in [0.3, 0.4) is 0 Å². The number of nitrogens with one attached hydrogen (secondary N) is 1. The van der Waals surface area contributed by atoms with E-state index in [0.717, 1.165) is 30.6 Å². The SMILES string of the molecule is COc1ccc(C=C2C(=O)NC(=O)N(C3CCCC3)C2=O)c(OC)c1OC. The summed E-state index contributed by atoms with van der Waals surface area (Å²) in [6.45, 7) is 0. The lowest BCUT2D eigenvalue weighted by molar-refractivity contribution is -0.131. The minimum absolute atomic E-state index is 0.119. The van der Waals surface area contributed by atoms with Crippen molar-refractivity contribution in [1.29, 1.82) is 0 Å². The summed E-state index contributed by atoms with van der Waals surface area (Å²) in [5.74, 6) is -0.182. The summed E-state index contributed by atoms with van der Waals surface area (Å²) in [5, 5.41) is 2.26. The number of nitrogens with zero attached hydrogens (tertiary/aromatic N) is 1. The highest BCUT2D eigenvalue weighted by atomic mass is 16.5. The van der Waals surface area contributed by atoms with E-state index in [1.807, 2.05) is 0 Å². The predicted molar refractivity (Wildman–Crippen MR) is 96.7 cm³/mol. The van der Waals surface area contributed by atoms with Crippen LogP contribution < -0.4 is 19.5 Å². The number of rotatable bonds is 5. The van der Waals surface area contributed by atoms with Crippen LogP contribution in [0.4, 0.5) is 4.79 Å². The van der Waals surface area contributed by atoms with Crippen molar-refractivity contribution in [1.82, 2.24) is 10.2 Å². The monoisotopic (exact) mass is 374 g/mol. The van der Waals surface area contributed by atoms with Gasteiger partial charge in [-0.3, -0.25) is 19.8 Å². The standard InChI is InChI=1S/C19H22N2O6/c1-25-14-9-8-11(15(26-2)16(14)27-3)10-13-17(22)20-19(24)21(18(13)23)12-6-4-5-7-12/h8-10,12H,4-7H2,1-3H3,(H,20,22,24). The molecule has 8 nitrogen and oxygen atoms in total. The van der Waals surface area contributed by atoms with Crippen molar-refractivity contribution in [3.8, 4) is 17.2 Å². The Kier molecular flexibility index (Phi) is 5.34. The second-order valence-corrected chi connectivity index (χ2v) is 6.35. The molecule has 0 radical (unpaired) electrons. The van der Waals surface area contributed by atoms with E-state index < -0.39 is 17.8 Å². The van der Waals surface area contributed by atoms with E-state index in [-0.39, 0.29) is 11.6 Å². The molecule has 2 fully saturated rings. The Hall–Kier alpha value is -3.03. The Balaban J connectivity index is 2.03. The van der Waals surface area contributed by atoms with Crippen LogP contribution in [0, 0.1) is 0 Å². The van der Waals surface area contributed by atoms with Crippen molar-refractivity contribution in [3.05, 3.63) is 23.3 Å². The van der Waals surface area contributed by atoms with E-state index in [0.29, 0.717) is 22.8 Å². The third-order valence-corrected chi connectivity index (χ3v) is 4.86. The fraction of sp³-hybridized carbons (Fsp3) is 0.421. The summed E-state index contributed by atoms with van der Waals surface area (Å²) >= 11 is 0. The average Bonchev–Trinajstić information content (AvgIpc) is 3.18. The van der Waals surface area contributed by atoms with Crippen molar-refractivity contribution >= 4 is 23.9 Å². The molecule has 0 aromatic heterocycles. The van der Waals surface area contributed by atoms with E-state index in [4.69, 9.17) is 14.2 Å². The second kappa shape index (κ2) is 7.69. The first kappa shape index (κ1) is 18.8. The number of ether oxygens (including phenoxy) is 3. The van der Waals surface area contributed by atoms with E-state index >= 15 is 0 Å². The van der Waals surface area contributed by atoms with Crippen LogP contribution in [0.25, 0.3) is 6.08 Å². The number of urea groups is 1. The minimum atomic E-state index is -0.726. The average molecular weight is 374 g/mol. The molecule has 144 valence electrons. The quantitative estimate of drug-likeness (QED) is 0.627. The molecule has 1 saturated carbocycles. The Morgan fingerprint density at radius 2 is 1.67 bits per heavy atom. The summed E-state index contributed by atoms with van der Waals surface area (Å²) in [4.78, 5) is 38.6. The topological polar surface area (TPSA) is 94.2 Å². The van der Waals surface area contributed by atoms with Gasteiger partial charge in [-0.2, -0.15) is 0 Å². The molecule has 27 heavy (non-hydrogen) atoms. The summed E-state index contributed by atoms with van der Waals surface area (Å²) in [6.07, 6.45) is 4.82. The fourth-order valence-corrected chi connectivity index (χ4v) is 3.56. The maximum atomic E-state index is 12.9. The molecule has 1 heterocycles. The molecule has 1 aromatic carbocycles. The molecule has 0 unspecified atom stereocenters. The molecule has 0 bridgehead atoms. The van der Waals surface area contributed by atoms with Crippen LogP contribution in [-0.4, -0.2) is 50.1 Å². The number of hydrogen-bond donors (Lipinski definition) is 1. The van der Waals surface area contributed by atoms with Gasteiger partial charge in [0.25, 0.3) is 11.8 Å². The summed E-state index contributed by atoms with van der Waals surface area (Å²) in [6, 6.07) is 2.47. The highest BCUT2D eigenvalue weighted by Crippen LogP contribution is 2.41. The van der Waals surface area contributed by atoms with Gasteiger partial charge < -0.3 is 14.2 Å². The Morgan fingerprint density at radius 3 is 2.26 bits per heavy atom. The lowest BCUT2D eigenvalue weighted by Crippen LogP contribution is -2.57. The lowest BCUT2D eigenvalue weighted by atomic mass is 10.0. The Morgan fingerprint density at radius 1 is 1.00 bits per heavy atom. The maximum Gasteiger partial charge on any atom is 0.331 e. The normalized spacial score (nSPS) is 19.4. The van der Waals surface area contributed by atoms with Crippen LogP contribution in [0.1, 0.15) is 31.2 Å². The van der Waals surface area contributed by atoms with Crippen LogP contribution >= 0.6 is 0 Å². The largest absolute Gasteiger partial charge is 0.493 e. The third kappa shape index (κ3) is 3.34. The Bertz CT molecular complexity index is 811. The molecule has 1 aromatic rings. The molecule has 8 heteroatoms. The van der Waals surface area contributed by atoms with Crippen LogP contribution in [0.5, 0.6) is 17.2 Å². The Labute approximate surface area is 157 Å². The van der Waals surface area contributed by atoms with Gasteiger partial charge in [-0.05, 0) is 31.1 Å². The molecule has 1 saturated heterocycles. The zero-order valence-electron chi connectivity index (χ0n) is 15.5. The van der Waals surface area contributed by atoms with Gasteiger partial charge in [-0.25, -0.2) is 4.79 Å². The van der Waals surface area contributed by atoms with Crippen LogP contribution in [-0.2, 0) is 9.59 Å². The molecule has 1 aliphatic carbocycles. The number of benzene rings is 1. The van der Waals surface area contributed by atoms with Crippen molar-refractivity contribution in [3.63, 3.8) is 0 Å². The first-order chi connectivity index (χ1) is 13.0. The van der Waals surface area contributed by atoms with Gasteiger partial charge in [0.15, 0.2) is 11.5 Å². The third-order valence-electron chi connectivity index (χ3n) is 4.86. The number of carbonyl (C=O) groups excluding carboxylic acids is 3. The van der Waals surface area contributed by atoms with Gasteiger partial charge in [0, 0.05) is 11.6 Å². The molecule has 0 spiro atoms. The number of barbiturate groups is 1. The van der Waals surface area contributed by atoms with Crippen molar-refractivity contribution < 1.29 is 28.6 Å². The zero-order valence-corrected chi connectivity index (χ0v) is 15.5. The van der Waals surface area contributed by atoms with Crippen molar-refractivity contribution in [2.75, 3.05) is 21.3 Å². The first-order valence-electron chi connectivity index (χ1n) is 8.71. The summed E-state index contributed by atoms with van der Waals surface area (Å²) < 4.78 is 16.0. The van der Waals surface area contributed by atoms with Crippen molar-refractivity contribution in [2.45, 2.75) is 31.7 Å². The minimum Gasteiger partial charge on any atom is -0.493 e. The molecule has 3 rings (SSSR count). The van der Waals surface area contributed by atoms with E-state index in [2.05, 4.69) is 5.32 Å². The molecule has 1 aliphatic heterocycles. The van der Waals surface area contributed by atoms with E-state index in [1.165, 1.54) is 27.4 Å². The van der Waals surface area contributed by atoms with Gasteiger partial charge in [-0.15, -0.1) is 0 Å². The number of imide groups is 2. The number of amides is 4. The van der Waals surface area contributed by atoms with E-state index in [9.17, 15) is 14.4 Å². The summed E-state index contributed by atoms with van der Waals surface area (Å²) in [7, 11) is 4.42. The van der Waals surface area contributed by atoms with Crippen molar-refractivity contribution in [2.24, 2.45) is 0 Å². The van der Waals surface area contributed by atoms with Gasteiger partial charge in [-0.1, -0.05) is 12.8 Å². The number of carbonyl (C=O) groups is 3. The van der Waals surface area contributed by atoms with Crippen LogP contribution in [0.2, 0.25) is 0 Å². The predicted octanol–water partition coefficient (Wildman–Crippen LogP) is 2.12. The molecule has 1 N–H and O–H groups in total. The highest BCUT2D eigenvalue weighted by molar-refractivity contribution is 6.31. The van der Waals surface area contributed by atoms with Crippen LogP contribution in [0.15, 0.2) is 17.7 Å². The second-order valence-electron chi connectivity index (χ2n) is 6.35. The van der Waals surface area contributed by atoms with Gasteiger partial charge in [0.2, 0.25) is 5.75 Å². The number of methoxy groups -OCH3 is 3. The maximum absolute atomic E-state index is 12.9. The highest BCUT2D eigenvalue weighted by Gasteiger charge is 2.40. The van der Waals surface area contributed by atoms with Gasteiger partial charge >= 0.3 is 6.03 Å². The first-order valence-corrected chi connectivity index (χ1v) is 8.71. The number of hydrogen-bond acceptors (Lipinski definition) is 6. The van der Waals surface area contributed by atoms with Gasteiger partial charge in [0.1, 0.15) is 5.57 Å². The molecule has 0 atom stereocenters. The fourth-order valence-electron chi connectivity index (χ4n) is 3.56. The molecule has 4 amide bonds. The lowest BCUT2D eigenvalue weighted by Gasteiger charge is -2.31. The molecule has 2 aliphatic rings. The van der Waals surface area contributed by atoms with E-state index in [1.54, 1.807) is 12.1 Å². The summed E-state index contributed by atoms with van der Waals surface area (Å²) in [5.41, 5.74) is 0.349. The zero-order chi connectivity index (χ0) is 19.6. The smallest absolute Gasteiger partial charge is 0.331 e. The van der Waals surface area contributed by atoms with Gasteiger partial charge in [0.05, 0.1) is 21.3 Å². The molecular formula is C19H22N2O6. The molecular weight excluding hydrogens is 352 g/mol.